The lowest BCUT2D eigenvalue weighted by Gasteiger charge is -2.27. The van der Waals surface area contributed by atoms with Crippen LogP contribution in [0.15, 0.2) is 12.1 Å². The minimum atomic E-state index is 0.0598. The predicted octanol–water partition coefficient (Wildman–Crippen LogP) is 0.643. The summed E-state index contributed by atoms with van der Waals surface area (Å²) in [5.74, 6) is 1.43. The van der Waals surface area contributed by atoms with Gasteiger partial charge in [-0.3, -0.25) is 0 Å². The minimum absolute atomic E-state index is 0.0598. The number of hydrogen-bond donors (Lipinski definition) is 3. The van der Waals surface area contributed by atoms with Gasteiger partial charge in [0.2, 0.25) is 0 Å². The van der Waals surface area contributed by atoms with E-state index in [0.29, 0.717) is 11.5 Å². The quantitative estimate of drug-likeness (QED) is 0.721. The highest BCUT2D eigenvalue weighted by Crippen LogP contribution is 2.37. The number of piperazine rings is 1. The summed E-state index contributed by atoms with van der Waals surface area (Å²) in [7, 11) is 3.16. The van der Waals surface area contributed by atoms with Crippen molar-refractivity contribution in [1.82, 2.24) is 10.6 Å². The molecule has 0 amide bonds. The van der Waals surface area contributed by atoms with E-state index in [2.05, 4.69) is 10.6 Å². The number of nitrogens with one attached hydrogen (secondary N) is 2. The Kier molecular flexibility index (Phi) is 3.71. The van der Waals surface area contributed by atoms with Gasteiger partial charge in [-0.1, -0.05) is 0 Å². The molecule has 0 radical (unpaired) electrons. The molecule has 1 aromatic carbocycles. The molecular weight excluding hydrogens is 220 g/mol. The van der Waals surface area contributed by atoms with Crippen LogP contribution < -0.4 is 20.1 Å². The van der Waals surface area contributed by atoms with Crippen molar-refractivity contribution in [3.05, 3.63) is 17.7 Å². The van der Waals surface area contributed by atoms with Crippen LogP contribution in [0.5, 0.6) is 17.2 Å². The molecule has 94 valence electrons. The molecule has 1 aliphatic heterocycles. The van der Waals surface area contributed by atoms with Crippen molar-refractivity contribution in [2.24, 2.45) is 0 Å². The van der Waals surface area contributed by atoms with Crippen LogP contribution in [0.25, 0.3) is 0 Å². The Morgan fingerprint density at radius 2 is 2.06 bits per heavy atom. The molecule has 5 nitrogen and oxygen atoms in total. The fourth-order valence-corrected chi connectivity index (χ4v) is 2.08. The third-order valence-electron chi connectivity index (χ3n) is 2.94. The number of methoxy groups -OCH3 is 2. The molecule has 0 bridgehead atoms. The van der Waals surface area contributed by atoms with E-state index < -0.39 is 0 Å². The van der Waals surface area contributed by atoms with E-state index in [1.165, 1.54) is 0 Å². The van der Waals surface area contributed by atoms with Crippen molar-refractivity contribution in [1.29, 1.82) is 0 Å². The molecule has 1 aromatic rings. The van der Waals surface area contributed by atoms with E-state index in [4.69, 9.17) is 9.47 Å². The van der Waals surface area contributed by atoms with Gasteiger partial charge < -0.3 is 25.2 Å². The molecule has 0 aliphatic carbocycles. The Morgan fingerprint density at radius 3 is 2.65 bits per heavy atom. The molecule has 0 spiro atoms. The standard InChI is InChI=1S/C12H18N2O3/c1-16-8-5-10(15)12(11(6-8)17-2)9-7-13-3-4-14-9/h5-6,9,13-15H,3-4,7H2,1-2H3/t9-/m0/s1. The van der Waals surface area contributed by atoms with E-state index in [0.717, 1.165) is 25.2 Å². The number of hydrogen-bond acceptors (Lipinski definition) is 5. The van der Waals surface area contributed by atoms with Gasteiger partial charge in [0.1, 0.15) is 17.2 Å². The second kappa shape index (κ2) is 5.25. The summed E-state index contributed by atoms with van der Waals surface area (Å²) in [5.41, 5.74) is 0.778. The third-order valence-corrected chi connectivity index (χ3v) is 2.94. The predicted molar refractivity (Wildman–Crippen MR) is 64.8 cm³/mol. The summed E-state index contributed by atoms with van der Waals surface area (Å²) in [6.45, 7) is 2.59. The van der Waals surface area contributed by atoms with Crippen LogP contribution >= 0.6 is 0 Å². The maximum atomic E-state index is 10.1. The molecule has 2 rings (SSSR count). The molecule has 1 aliphatic rings. The van der Waals surface area contributed by atoms with Crippen LogP contribution in [0.2, 0.25) is 0 Å². The van der Waals surface area contributed by atoms with Crippen LogP contribution in [-0.4, -0.2) is 39.0 Å². The Morgan fingerprint density at radius 1 is 1.24 bits per heavy atom. The van der Waals surface area contributed by atoms with Crippen molar-refractivity contribution in [3.63, 3.8) is 0 Å². The summed E-state index contributed by atoms with van der Waals surface area (Å²) in [6.07, 6.45) is 0. The molecule has 1 fully saturated rings. The number of benzene rings is 1. The Balaban J connectivity index is 2.36. The molecule has 1 saturated heterocycles. The molecule has 0 saturated carbocycles. The first kappa shape index (κ1) is 12.0. The van der Waals surface area contributed by atoms with Gasteiger partial charge in [0.05, 0.1) is 25.8 Å². The largest absolute Gasteiger partial charge is 0.507 e. The van der Waals surface area contributed by atoms with Gasteiger partial charge in [0, 0.05) is 31.8 Å². The van der Waals surface area contributed by atoms with E-state index >= 15 is 0 Å². The van der Waals surface area contributed by atoms with Crippen LogP contribution in [0.4, 0.5) is 0 Å². The van der Waals surface area contributed by atoms with Gasteiger partial charge in [0.15, 0.2) is 0 Å². The highest BCUT2D eigenvalue weighted by atomic mass is 16.5. The van der Waals surface area contributed by atoms with E-state index in [1.807, 2.05) is 0 Å². The number of phenolic OH excluding ortho intramolecular Hbond substituents is 1. The molecular formula is C12H18N2O3. The number of rotatable bonds is 3. The zero-order chi connectivity index (χ0) is 12.3. The molecule has 17 heavy (non-hydrogen) atoms. The fraction of sp³-hybridized carbons (Fsp3) is 0.500. The maximum Gasteiger partial charge on any atom is 0.131 e. The fourth-order valence-electron chi connectivity index (χ4n) is 2.08. The molecule has 1 atom stereocenters. The van der Waals surface area contributed by atoms with Gasteiger partial charge in [-0.2, -0.15) is 0 Å². The Labute approximate surface area is 101 Å². The van der Waals surface area contributed by atoms with Crippen LogP contribution in [-0.2, 0) is 0 Å². The Hall–Kier alpha value is -1.46. The normalized spacial score (nSPS) is 20.0. The summed E-state index contributed by atoms with van der Waals surface area (Å²) in [4.78, 5) is 0. The van der Waals surface area contributed by atoms with Crippen molar-refractivity contribution >= 4 is 0 Å². The van der Waals surface area contributed by atoms with E-state index in [9.17, 15) is 5.11 Å². The Bertz CT molecular complexity index is 390. The lowest BCUT2D eigenvalue weighted by atomic mass is 10.0. The van der Waals surface area contributed by atoms with Crippen molar-refractivity contribution in [3.8, 4) is 17.2 Å². The zero-order valence-corrected chi connectivity index (χ0v) is 10.1. The van der Waals surface area contributed by atoms with Crippen molar-refractivity contribution in [2.75, 3.05) is 33.9 Å². The smallest absolute Gasteiger partial charge is 0.131 e. The molecule has 0 unspecified atom stereocenters. The van der Waals surface area contributed by atoms with Gasteiger partial charge in [0.25, 0.3) is 0 Å². The van der Waals surface area contributed by atoms with Crippen LogP contribution in [0.1, 0.15) is 11.6 Å². The first-order valence-corrected chi connectivity index (χ1v) is 5.65. The average molecular weight is 238 g/mol. The van der Waals surface area contributed by atoms with Gasteiger partial charge in [-0.25, -0.2) is 0 Å². The van der Waals surface area contributed by atoms with Crippen molar-refractivity contribution < 1.29 is 14.6 Å². The first-order chi connectivity index (χ1) is 8.26. The average Bonchev–Trinajstić information content (AvgIpc) is 2.38. The van der Waals surface area contributed by atoms with Gasteiger partial charge in [-0.15, -0.1) is 0 Å². The molecule has 0 aromatic heterocycles. The van der Waals surface area contributed by atoms with E-state index in [1.54, 1.807) is 26.4 Å². The van der Waals surface area contributed by atoms with Crippen LogP contribution in [0.3, 0.4) is 0 Å². The topological polar surface area (TPSA) is 62.8 Å². The molecule has 5 heteroatoms. The second-order valence-electron chi connectivity index (χ2n) is 3.97. The van der Waals surface area contributed by atoms with Crippen molar-refractivity contribution in [2.45, 2.75) is 6.04 Å². The lowest BCUT2D eigenvalue weighted by Crippen LogP contribution is -2.42. The monoisotopic (exact) mass is 238 g/mol. The number of phenols is 1. The summed E-state index contributed by atoms with van der Waals surface area (Å²) < 4.78 is 10.4. The first-order valence-electron chi connectivity index (χ1n) is 5.65. The summed E-state index contributed by atoms with van der Waals surface area (Å²) >= 11 is 0. The zero-order valence-electron chi connectivity index (χ0n) is 10.1. The summed E-state index contributed by atoms with van der Waals surface area (Å²) in [5, 5.41) is 16.7. The molecule has 3 N–H and O–H groups in total. The van der Waals surface area contributed by atoms with Gasteiger partial charge >= 0.3 is 0 Å². The maximum absolute atomic E-state index is 10.1. The highest BCUT2D eigenvalue weighted by molar-refractivity contribution is 5.51. The summed E-state index contributed by atoms with van der Waals surface area (Å²) in [6, 6.07) is 3.45. The lowest BCUT2D eigenvalue weighted by molar-refractivity contribution is 0.356. The minimum Gasteiger partial charge on any atom is -0.507 e. The second-order valence-corrected chi connectivity index (χ2v) is 3.97. The van der Waals surface area contributed by atoms with Gasteiger partial charge in [-0.05, 0) is 0 Å². The SMILES string of the molecule is COc1cc(O)c([C@@H]2CNCCN2)c(OC)c1. The third kappa shape index (κ3) is 2.45. The highest BCUT2D eigenvalue weighted by Gasteiger charge is 2.22. The van der Waals surface area contributed by atoms with Crippen LogP contribution in [0, 0.1) is 0 Å². The number of aromatic hydroxyl groups is 1. The van der Waals surface area contributed by atoms with E-state index in [-0.39, 0.29) is 11.8 Å². The number of ether oxygens (including phenoxy) is 2. The molecule has 1 heterocycles.